The molecule has 1 atom stereocenters. The van der Waals surface area contributed by atoms with Crippen molar-refractivity contribution >= 4 is 11.8 Å². The van der Waals surface area contributed by atoms with Crippen LogP contribution >= 0.6 is 0 Å². The predicted molar refractivity (Wildman–Crippen MR) is 96.5 cm³/mol. The SMILES string of the molecule is CN(C)CCn1ccc(NC(=O)N2CCO[C@H](c3ccccc3)C2)n1. The van der Waals surface area contributed by atoms with E-state index in [9.17, 15) is 4.79 Å². The molecule has 7 heteroatoms. The first-order valence-electron chi connectivity index (χ1n) is 8.52. The highest BCUT2D eigenvalue weighted by Gasteiger charge is 2.25. The minimum absolute atomic E-state index is 0.0849. The predicted octanol–water partition coefficient (Wildman–Crippen LogP) is 2.05. The summed E-state index contributed by atoms with van der Waals surface area (Å²) >= 11 is 0. The van der Waals surface area contributed by atoms with E-state index in [1.165, 1.54) is 0 Å². The summed E-state index contributed by atoms with van der Waals surface area (Å²) < 4.78 is 7.64. The molecular formula is C18H25N5O2. The molecule has 0 aliphatic carbocycles. The maximum Gasteiger partial charge on any atom is 0.323 e. The van der Waals surface area contributed by atoms with Crippen LogP contribution in [-0.4, -0.2) is 65.9 Å². The number of urea groups is 1. The van der Waals surface area contributed by atoms with Gasteiger partial charge in [-0.2, -0.15) is 5.10 Å². The van der Waals surface area contributed by atoms with Gasteiger partial charge < -0.3 is 14.5 Å². The van der Waals surface area contributed by atoms with Crippen LogP contribution in [0, 0.1) is 0 Å². The summed E-state index contributed by atoms with van der Waals surface area (Å²) in [5, 5.41) is 7.27. The Morgan fingerprint density at radius 1 is 1.32 bits per heavy atom. The second-order valence-electron chi connectivity index (χ2n) is 6.41. The molecule has 1 fully saturated rings. The first-order valence-corrected chi connectivity index (χ1v) is 8.52. The van der Waals surface area contributed by atoms with Gasteiger partial charge in [-0.1, -0.05) is 30.3 Å². The van der Waals surface area contributed by atoms with Crippen LogP contribution in [0.3, 0.4) is 0 Å². The highest BCUT2D eigenvalue weighted by atomic mass is 16.5. The van der Waals surface area contributed by atoms with Gasteiger partial charge >= 0.3 is 6.03 Å². The van der Waals surface area contributed by atoms with Gasteiger partial charge in [0, 0.05) is 25.4 Å². The fourth-order valence-corrected chi connectivity index (χ4v) is 2.75. The minimum Gasteiger partial charge on any atom is -0.370 e. The standard InChI is InChI=1S/C18H25N5O2/c1-21(2)10-11-23-9-8-17(20-23)19-18(24)22-12-13-25-16(14-22)15-6-4-3-5-7-15/h3-9,16H,10-14H2,1-2H3,(H,19,20,24)/t16-/m0/s1. The van der Waals surface area contributed by atoms with Crippen LogP contribution < -0.4 is 5.32 Å². The molecule has 3 rings (SSSR count). The summed E-state index contributed by atoms with van der Waals surface area (Å²) in [4.78, 5) is 16.4. The van der Waals surface area contributed by atoms with Gasteiger partial charge in [-0.3, -0.25) is 10.00 Å². The van der Waals surface area contributed by atoms with E-state index in [2.05, 4.69) is 15.3 Å². The van der Waals surface area contributed by atoms with Crippen LogP contribution in [-0.2, 0) is 11.3 Å². The lowest BCUT2D eigenvalue weighted by Gasteiger charge is -2.33. The zero-order valence-electron chi connectivity index (χ0n) is 14.8. The van der Waals surface area contributed by atoms with Crippen molar-refractivity contribution in [1.82, 2.24) is 19.6 Å². The Labute approximate surface area is 148 Å². The topological polar surface area (TPSA) is 62.6 Å². The van der Waals surface area contributed by atoms with Crippen LogP contribution in [0.25, 0.3) is 0 Å². The van der Waals surface area contributed by atoms with Crippen molar-refractivity contribution in [1.29, 1.82) is 0 Å². The molecule has 2 heterocycles. The van der Waals surface area contributed by atoms with E-state index in [1.807, 2.05) is 61.4 Å². The Kier molecular flexibility index (Phi) is 5.67. The van der Waals surface area contributed by atoms with Gasteiger partial charge in [0.2, 0.25) is 0 Å². The summed E-state index contributed by atoms with van der Waals surface area (Å²) in [6.45, 7) is 3.34. The first-order chi connectivity index (χ1) is 12.1. The molecule has 1 aliphatic rings. The van der Waals surface area contributed by atoms with Crippen LogP contribution in [0.2, 0.25) is 0 Å². The summed E-state index contributed by atoms with van der Waals surface area (Å²) in [6.07, 6.45) is 1.80. The second-order valence-corrected chi connectivity index (χ2v) is 6.41. The highest BCUT2D eigenvalue weighted by Crippen LogP contribution is 2.22. The Morgan fingerprint density at radius 2 is 2.12 bits per heavy atom. The second kappa shape index (κ2) is 8.13. The lowest BCUT2D eigenvalue weighted by Crippen LogP contribution is -2.44. The Morgan fingerprint density at radius 3 is 2.88 bits per heavy atom. The van der Waals surface area contributed by atoms with Gasteiger partial charge in [-0.25, -0.2) is 4.79 Å². The molecule has 1 aromatic carbocycles. The van der Waals surface area contributed by atoms with Crippen LogP contribution in [0.15, 0.2) is 42.6 Å². The zero-order valence-corrected chi connectivity index (χ0v) is 14.8. The van der Waals surface area contributed by atoms with Crippen molar-refractivity contribution in [3.8, 4) is 0 Å². The number of morpholine rings is 1. The molecule has 1 aromatic heterocycles. The lowest BCUT2D eigenvalue weighted by molar-refractivity contribution is -0.0135. The van der Waals surface area contributed by atoms with E-state index in [0.717, 1.165) is 18.7 Å². The van der Waals surface area contributed by atoms with Crippen molar-refractivity contribution in [3.05, 3.63) is 48.2 Å². The van der Waals surface area contributed by atoms with Crippen molar-refractivity contribution in [3.63, 3.8) is 0 Å². The maximum atomic E-state index is 12.5. The molecule has 7 nitrogen and oxygen atoms in total. The number of benzene rings is 1. The third-order valence-corrected chi connectivity index (χ3v) is 4.18. The monoisotopic (exact) mass is 343 g/mol. The fourth-order valence-electron chi connectivity index (χ4n) is 2.75. The van der Waals surface area contributed by atoms with Crippen molar-refractivity contribution in [2.45, 2.75) is 12.6 Å². The number of amides is 2. The number of ether oxygens (including phenoxy) is 1. The van der Waals surface area contributed by atoms with E-state index >= 15 is 0 Å². The summed E-state index contributed by atoms with van der Waals surface area (Å²) in [6, 6.07) is 11.7. The molecule has 1 saturated heterocycles. The lowest BCUT2D eigenvalue weighted by atomic mass is 10.1. The number of carbonyl (C=O) groups is 1. The molecule has 134 valence electrons. The smallest absolute Gasteiger partial charge is 0.323 e. The molecule has 0 spiro atoms. The van der Waals surface area contributed by atoms with E-state index in [0.29, 0.717) is 25.5 Å². The van der Waals surface area contributed by atoms with Gasteiger partial charge in [0.15, 0.2) is 5.82 Å². The minimum atomic E-state index is -0.137. The number of hydrogen-bond acceptors (Lipinski definition) is 4. The third-order valence-electron chi connectivity index (χ3n) is 4.18. The molecule has 0 bridgehead atoms. The molecule has 0 unspecified atom stereocenters. The number of anilines is 1. The van der Waals surface area contributed by atoms with Gasteiger partial charge in [0.1, 0.15) is 6.10 Å². The van der Waals surface area contributed by atoms with E-state index in [-0.39, 0.29) is 12.1 Å². The summed E-state index contributed by atoms with van der Waals surface area (Å²) in [7, 11) is 4.04. The van der Waals surface area contributed by atoms with Gasteiger partial charge in [-0.15, -0.1) is 0 Å². The quantitative estimate of drug-likeness (QED) is 0.903. The van der Waals surface area contributed by atoms with Gasteiger partial charge in [0.05, 0.1) is 19.7 Å². The zero-order chi connectivity index (χ0) is 17.6. The summed E-state index contributed by atoms with van der Waals surface area (Å²) in [5.74, 6) is 0.575. The average Bonchev–Trinajstić information content (AvgIpc) is 3.08. The fraction of sp³-hybridized carbons (Fsp3) is 0.444. The third kappa shape index (κ3) is 4.80. The van der Waals surface area contributed by atoms with E-state index in [4.69, 9.17) is 4.74 Å². The van der Waals surface area contributed by atoms with E-state index in [1.54, 1.807) is 4.90 Å². The number of aromatic nitrogens is 2. The molecule has 1 N–H and O–H groups in total. The van der Waals surface area contributed by atoms with Crippen molar-refractivity contribution < 1.29 is 9.53 Å². The highest BCUT2D eigenvalue weighted by molar-refractivity contribution is 5.88. The molecule has 0 saturated carbocycles. The van der Waals surface area contributed by atoms with Gasteiger partial charge in [0.25, 0.3) is 0 Å². The van der Waals surface area contributed by atoms with Crippen LogP contribution in [0.5, 0.6) is 0 Å². The number of carbonyl (C=O) groups excluding carboxylic acids is 1. The molecule has 2 aromatic rings. The number of rotatable bonds is 5. The molecule has 2 amide bonds. The van der Waals surface area contributed by atoms with Crippen molar-refractivity contribution in [2.75, 3.05) is 45.7 Å². The first kappa shape index (κ1) is 17.4. The number of hydrogen-bond donors (Lipinski definition) is 1. The normalized spacial score (nSPS) is 17.7. The van der Waals surface area contributed by atoms with Crippen molar-refractivity contribution in [2.24, 2.45) is 0 Å². The number of likely N-dealkylation sites (N-methyl/N-ethyl adjacent to an activating group) is 1. The maximum absolute atomic E-state index is 12.5. The Balaban J connectivity index is 1.56. The molecule has 0 radical (unpaired) electrons. The van der Waals surface area contributed by atoms with Crippen LogP contribution in [0.1, 0.15) is 11.7 Å². The van der Waals surface area contributed by atoms with Crippen LogP contribution in [0.4, 0.5) is 10.6 Å². The Bertz CT molecular complexity index is 686. The Hall–Kier alpha value is -2.38. The number of nitrogens with zero attached hydrogens (tertiary/aromatic N) is 4. The molecule has 25 heavy (non-hydrogen) atoms. The largest absolute Gasteiger partial charge is 0.370 e. The van der Waals surface area contributed by atoms with E-state index < -0.39 is 0 Å². The molecular weight excluding hydrogens is 318 g/mol. The number of nitrogens with one attached hydrogen (secondary N) is 1. The molecule has 1 aliphatic heterocycles. The summed E-state index contributed by atoms with van der Waals surface area (Å²) in [5.41, 5.74) is 1.09. The van der Waals surface area contributed by atoms with Gasteiger partial charge in [-0.05, 0) is 19.7 Å². The average molecular weight is 343 g/mol.